The summed E-state index contributed by atoms with van der Waals surface area (Å²) in [6, 6.07) is 8.09. The molecule has 1 amide bonds. The van der Waals surface area contributed by atoms with Crippen molar-refractivity contribution in [3.63, 3.8) is 0 Å². The van der Waals surface area contributed by atoms with Gasteiger partial charge in [-0.15, -0.1) is 11.8 Å². The van der Waals surface area contributed by atoms with E-state index in [1.807, 2.05) is 23.9 Å². The summed E-state index contributed by atoms with van der Waals surface area (Å²) in [5, 5.41) is 6.38. The average molecular weight is 337 g/mol. The maximum atomic E-state index is 12.8. The predicted octanol–water partition coefficient (Wildman–Crippen LogP) is 3.53. The highest BCUT2D eigenvalue weighted by Crippen LogP contribution is 2.33. The summed E-state index contributed by atoms with van der Waals surface area (Å²) in [7, 11) is 1.66. The Labute approximate surface area is 143 Å². The summed E-state index contributed by atoms with van der Waals surface area (Å²) in [4.78, 5) is 14.0. The van der Waals surface area contributed by atoms with Gasteiger partial charge in [0, 0.05) is 22.4 Å². The number of carbonyl (C=O) groups is 1. The van der Waals surface area contributed by atoms with Gasteiger partial charge < -0.3 is 15.4 Å². The van der Waals surface area contributed by atoms with Gasteiger partial charge in [-0.25, -0.2) is 0 Å². The number of piperidine rings is 1. The van der Waals surface area contributed by atoms with Crippen molar-refractivity contribution in [2.75, 3.05) is 32.1 Å². The molecule has 0 spiro atoms. The van der Waals surface area contributed by atoms with E-state index in [2.05, 4.69) is 43.5 Å². The first-order valence-electron chi connectivity index (χ1n) is 8.15. The first kappa shape index (κ1) is 18.3. The molecule has 1 fully saturated rings. The topological polar surface area (TPSA) is 50.4 Å². The van der Waals surface area contributed by atoms with Gasteiger partial charge in [-0.2, -0.15) is 0 Å². The third kappa shape index (κ3) is 5.23. The quantitative estimate of drug-likeness (QED) is 0.808. The smallest absolute Gasteiger partial charge is 0.233 e. The second-order valence-electron chi connectivity index (χ2n) is 7.16. The molecule has 1 aliphatic heterocycles. The van der Waals surface area contributed by atoms with Crippen molar-refractivity contribution < 1.29 is 9.53 Å². The molecule has 23 heavy (non-hydrogen) atoms. The lowest BCUT2D eigenvalue weighted by Gasteiger charge is -2.35. The van der Waals surface area contributed by atoms with Crippen molar-refractivity contribution in [2.24, 2.45) is 5.41 Å². The van der Waals surface area contributed by atoms with Gasteiger partial charge in [0.1, 0.15) is 0 Å². The van der Waals surface area contributed by atoms with E-state index in [-0.39, 0.29) is 10.7 Å². The van der Waals surface area contributed by atoms with Crippen LogP contribution in [0.4, 0.5) is 5.69 Å². The van der Waals surface area contributed by atoms with E-state index < -0.39 is 5.41 Å². The number of rotatable bonds is 5. The number of carbonyl (C=O) groups excluding carboxylic acids is 1. The van der Waals surface area contributed by atoms with Crippen LogP contribution in [0.25, 0.3) is 0 Å². The first-order valence-corrected chi connectivity index (χ1v) is 8.96. The maximum Gasteiger partial charge on any atom is 0.233 e. The molecule has 0 unspecified atom stereocenters. The van der Waals surface area contributed by atoms with Crippen LogP contribution in [0, 0.1) is 5.41 Å². The lowest BCUT2D eigenvalue weighted by atomic mass is 9.78. The highest BCUT2D eigenvalue weighted by molar-refractivity contribution is 8.00. The zero-order valence-electron chi connectivity index (χ0n) is 14.6. The molecule has 4 nitrogen and oxygen atoms in total. The number of hydrogen-bond acceptors (Lipinski definition) is 4. The lowest BCUT2D eigenvalue weighted by Crippen LogP contribution is -2.47. The fourth-order valence-corrected chi connectivity index (χ4v) is 3.82. The minimum Gasteiger partial charge on any atom is -0.384 e. The van der Waals surface area contributed by atoms with Crippen LogP contribution >= 0.6 is 11.8 Å². The number of hydrogen-bond donors (Lipinski definition) is 2. The molecule has 1 saturated heterocycles. The molecule has 128 valence electrons. The highest BCUT2D eigenvalue weighted by atomic mass is 32.2. The van der Waals surface area contributed by atoms with Crippen molar-refractivity contribution in [1.82, 2.24) is 5.32 Å². The summed E-state index contributed by atoms with van der Waals surface area (Å²) < 4.78 is 5.51. The molecule has 5 heteroatoms. The van der Waals surface area contributed by atoms with Crippen LogP contribution in [-0.2, 0) is 9.53 Å². The molecule has 1 aliphatic rings. The Kier molecular flexibility index (Phi) is 6.12. The van der Waals surface area contributed by atoms with Crippen LogP contribution in [0.5, 0.6) is 0 Å². The Balaban J connectivity index is 2.03. The molecular formula is C18H28N2O2S. The standard InChI is InChI=1S/C18H28N2O2S/c1-17(2,3)23-15-7-5-14(6-8-15)20-16(21)18(13-22-4)9-11-19-12-10-18/h5-8,19H,9-13H2,1-4H3,(H,20,21). The van der Waals surface area contributed by atoms with Crippen LogP contribution in [-0.4, -0.2) is 37.5 Å². The van der Waals surface area contributed by atoms with Crippen LogP contribution in [0.2, 0.25) is 0 Å². The molecule has 0 atom stereocenters. The SMILES string of the molecule is COCC1(C(=O)Nc2ccc(SC(C)(C)C)cc2)CCNCC1. The fourth-order valence-electron chi connectivity index (χ4n) is 2.84. The number of amides is 1. The van der Waals surface area contributed by atoms with E-state index in [1.165, 1.54) is 4.90 Å². The van der Waals surface area contributed by atoms with Crippen LogP contribution in [0.15, 0.2) is 29.2 Å². The minimum absolute atomic E-state index is 0.0667. The van der Waals surface area contributed by atoms with Crippen molar-refractivity contribution in [3.8, 4) is 0 Å². The maximum absolute atomic E-state index is 12.8. The van der Waals surface area contributed by atoms with Gasteiger partial charge in [0.15, 0.2) is 0 Å². The first-order chi connectivity index (χ1) is 10.8. The van der Waals surface area contributed by atoms with Gasteiger partial charge in [-0.1, -0.05) is 20.8 Å². The molecule has 1 aromatic carbocycles. The summed E-state index contributed by atoms with van der Waals surface area (Å²) in [5.41, 5.74) is 0.431. The number of anilines is 1. The number of methoxy groups -OCH3 is 1. The molecule has 1 aromatic rings. The normalized spacial score (nSPS) is 17.7. The zero-order chi connectivity index (χ0) is 16.9. The highest BCUT2D eigenvalue weighted by Gasteiger charge is 2.39. The Morgan fingerprint density at radius 3 is 2.39 bits per heavy atom. The van der Waals surface area contributed by atoms with Gasteiger partial charge >= 0.3 is 0 Å². The molecule has 0 aliphatic carbocycles. The Morgan fingerprint density at radius 2 is 1.87 bits per heavy atom. The van der Waals surface area contributed by atoms with E-state index in [9.17, 15) is 4.79 Å². The molecule has 0 radical (unpaired) electrons. The molecule has 2 N–H and O–H groups in total. The van der Waals surface area contributed by atoms with Gasteiger partial charge in [-0.3, -0.25) is 4.79 Å². The van der Waals surface area contributed by atoms with E-state index in [0.29, 0.717) is 6.61 Å². The Morgan fingerprint density at radius 1 is 1.26 bits per heavy atom. The van der Waals surface area contributed by atoms with Crippen molar-refractivity contribution in [3.05, 3.63) is 24.3 Å². The third-order valence-electron chi connectivity index (χ3n) is 4.00. The molecule has 1 heterocycles. The number of ether oxygens (including phenoxy) is 1. The third-order valence-corrected chi connectivity index (χ3v) is 5.12. The van der Waals surface area contributed by atoms with Crippen molar-refractivity contribution in [1.29, 1.82) is 0 Å². The van der Waals surface area contributed by atoms with Crippen LogP contribution in [0.1, 0.15) is 33.6 Å². The second-order valence-corrected chi connectivity index (χ2v) is 9.06. The summed E-state index contributed by atoms with van der Waals surface area (Å²) in [6.45, 7) is 8.77. The van der Waals surface area contributed by atoms with Crippen LogP contribution < -0.4 is 10.6 Å². The fraction of sp³-hybridized carbons (Fsp3) is 0.611. The van der Waals surface area contributed by atoms with Gasteiger partial charge in [0.05, 0.1) is 12.0 Å². The van der Waals surface area contributed by atoms with Gasteiger partial charge in [0.2, 0.25) is 5.91 Å². The molecule has 0 bridgehead atoms. The van der Waals surface area contributed by atoms with E-state index >= 15 is 0 Å². The van der Waals surface area contributed by atoms with Crippen molar-refractivity contribution >= 4 is 23.4 Å². The molecule has 0 saturated carbocycles. The Hall–Kier alpha value is -1.04. The largest absolute Gasteiger partial charge is 0.384 e. The average Bonchev–Trinajstić information content (AvgIpc) is 2.49. The van der Waals surface area contributed by atoms with Gasteiger partial charge in [-0.05, 0) is 50.2 Å². The number of benzene rings is 1. The molecular weight excluding hydrogens is 308 g/mol. The summed E-state index contributed by atoms with van der Waals surface area (Å²) in [5.74, 6) is 0.0667. The molecule has 2 rings (SSSR count). The van der Waals surface area contributed by atoms with Crippen LogP contribution in [0.3, 0.4) is 0 Å². The van der Waals surface area contributed by atoms with E-state index in [0.717, 1.165) is 31.6 Å². The van der Waals surface area contributed by atoms with E-state index in [4.69, 9.17) is 4.74 Å². The lowest BCUT2D eigenvalue weighted by molar-refractivity contribution is -0.130. The summed E-state index contributed by atoms with van der Waals surface area (Å²) >= 11 is 1.82. The zero-order valence-corrected chi connectivity index (χ0v) is 15.4. The predicted molar refractivity (Wildman–Crippen MR) is 97.1 cm³/mol. The molecule has 0 aromatic heterocycles. The van der Waals surface area contributed by atoms with Gasteiger partial charge in [0.25, 0.3) is 0 Å². The summed E-state index contributed by atoms with van der Waals surface area (Å²) in [6.07, 6.45) is 1.62. The Bertz CT molecular complexity index is 511. The van der Waals surface area contributed by atoms with E-state index in [1.54, 1.807) is 7.11 Å². The number of thioether (sulfide) groups is 1. The number of nitrogens with one attached hydrogen (secondary N) is 2. The monoisotopic (exact) mass is 336 g/mol. The minimum atomic E-state index is -0.418. The van der Waals surface area contributed by atoms with Crippen molar-refractivity contribution in [2.45, 2.75) is 43.3 Å². The second kappa shape index (κ2) is 7.69.